The Kier molecular flexibility index (Phi) is 3.53. The molecule has 82 valence electrons. The van der Waals surface area contributed by atoms with E-state index in [4.69, 9.17) is 5.11 Å². The summed E-state index contributed by atoms with van der Waals surface area (Å²) in [5.74, 6) is -0.155. The van der Waals surface area contributed by atoms with Gasteiger partial charge in [-0.1, -0.05) is 11.8 Å². The summed E-state index contributed by atoms with van der Waals surface area (Å²) in [6, 6.07) is 3.46. The largest absolute Gasteiger partial charge is 0.477 e. The van der Waals surface area contributed by atoms with Gasteiger partial charge < -0.3 is 5.11 Å². The van der Waals surface area contributed by atoms with E-state index in [0.717, 1.165) is 15.7 Å². The van der Waals surface area contributed by atoms with E-state index in [9.17, 15) is 4.79 Å². The van der Waals surface area contributed by atoms with Crippen molar-refractivity contribution in [1.82, 2.24) is 9.97 Å². The highest BCUT2D eigenvalue weighted by Gasteiger charge is 2.07. The van der Waals surface area contributed by atoms with Gasteiger partial charge in [0.1, 0.15) is 9.90 Å². The number of carbonyl (C=O) groups is 1. The van der Waals surface area contributed by atoms with Gasteiger partial charge >= 0.3 is 5.97 Å². The summed E-state index contributed by atoms with van der Waals surface area (Å²) >= 11 is 2.83. The topological polar surface area (TPSA) is 63.1 Å². The Labute approximate surface area is 100 Å². The lowest BCUT2D eigenvalue weighted by Gasteiger charge is -1.96. The molecule has 4 nitrogen and oxygen atoms in total. The fraction of sp³-hybridized carbons (Fsp3) is 0.100. The van der Waals surface area contributed by atoms with E-state index >= 15 is 0 Å². The van der Waals surface area contributed by atoms with Crippen LogP contribution in [0.5, 0.6) is 0 Å². The van der Waals surface area contributed by atoms with Crippen LogP contribution in [0.1, 0.15) is 14.5 Å². The van der Waals surface area contributed by atoms with Crippen LogP contribution in [-0.4, -0.2) is 21.0 Å². The molecule has 0 aliphatic heterocycles. The van der Waals surface area contributed by atoms with Crippen molar-refractivity contribution in [2.75, 3.05) is 0 Å². The van der Waals surface area contributed by atoms with E-state index in [1.165, 1.54) is 11.3 Å². The first-order chi connectivity index (χ1) is 7.75. The second-order valence-electron chi connectivity index (χ2n) is 2.90. The average molecular weight is 252 g/mol. The number of carboxylic acids is 1. The lowest BCUT2D eigenvalue weighted by molar-refractivity contribution is 0.0702. The Morgan fingerprint density at radius 1 is 1.44 bits per heavy atom. The Morgan fingerprint density at radius 3 is 2.94 bits per heavy atom. The van der Waals surface area contributed by atoms with Crippen LogP contribution in [0.25, 0.3) is 0 Å². The predicted molar refractivity (Wildman–Crippen MR) is 62.9 cm³/mol. The van der Waals surface area contributed by atoms with Crippen molar-refractivity contribution in [2.24, 2.45) is 0 Å². The van der Waals surface area contributed by atoms with E-state index in [-0.39, 0.29) is 0 Å². The average Bonchev–Trinajstić information content (AvgIpc) is 2.76. The number of nitrogens with zero attached hydrogens (tertiary/aromatic N) is 2. The quantitative estimate of drug-likeness (QED) is 0.847. The third kappa shape index (κ3) is 2.80. The maximum Gasteiger partial charge on any atom is 0.345 e. The van der Waals surface area contributed by atoms with Crippen LogP contribution >= 0.6 is 23.1 Å². The Bertz CT molecular complexity index is 485. The van der Waals surface area contributed by atoms with Gasteiger partial charge in [0.25, 0.3) is 0 Å². The van der Waals surface area contributed by atoms with Crippen molar-refractivity contribution in [3.8, 4) is 0 Å². The molecular weight excluding hydrogens is 244 g/mol. The molecule has 0 spiro atoms. The van der Waals surface area contributed by atoms with Gasteiger partial charge in [0.2, 0.25) is 0 Å². The van der Waals surface area contributed by atoms with Crippen molar-refractivity contribution in [3.05, 3.63) is 40.5 Å². The molecule has 0 fully saturated rings. The minimum atomic E-state index is -0.874. The van der Waals surface area contributed by atoms with Crippen LogP contribution in [0.15, 0.2) is 35.7 Å². The van der Waals surface area contributed by atoms with Gasteiger partial charge in [0, 0.05) is 23.0 Å². The van der Waals surface area contributed by atoms with Gasteiger partial charge in [0.05, 0.1) is 6.20 Å². The number of aromatic carboxylic acids is 1. The molecule has 0 aliphatic carbocycles. The fourth-order valence-electron chi connectivity index (χ4n) is 1.08. The van der Waals surface area contributed by atoms with Gasteiger partial charge in [-0.15, -0.1) is 11.3 Å². The molecule has 0 saturated carbocycles. The Hall–Kier alpha value is -1.40. The second-order valence-corrected chi connectivity index (χ2v) is 5.07. The monoisotopic (exact) mass is 252 g/mol. The zero-order chi connectivity index (χ0) is 11.4. The lowest BCUT2D eigenvalue weighted by Crippen LogP contribution is -1.89. The number of hydrogen-bond acceptors (Lipinski definition) is 5. The molecule has 0 unspecified atom stereocenters. The van der Waals surface area contributed by atoms with Crippen LogP contribution in [0.3, 0.4) is 0 Å². The molecule has 0 bridgehead atoms. The van der Waals surface area contributed by atoms with Crippen LogP contribution in [-0.2, 0) is 5.75 Å². The summed E-state index contributed by atoms with van der Waals surface area (Å²) in [5.41, 5.74) is 0. The molecule has 6 heteroatoms. The first kappa shape index (κ1) is 11.1. The molecule has 0 aromatic carbocycles. The summed E-state index contributed by atoms with van der Waals surface area (Å²) < 4.78 is 0. The molecule has 0 radical (unpaired) electrons. The molecule has 2 rings (SSSR count). The molecule has 2 aromatic heterocycles. The van der Waals surface area contributed by atoms with E-state index in [0.29, 0.717) is 4.88 Å². The SMILES string of the molecule is O=C(O)c1ccc(CSc2cnccn2)s1. The van der Waals surface area contributed by atoms with Crippen LogP contribution in [0.4, 0.5) is 0 Å². The third-order valence-corrected chi connectivity index (χ3v) is 3.99. The Balaban J connectivity index is 1.97. The highest BCUT2D eigenvalue weighted by atomic mass is 32.2. The first-order valence-electron chi connectivity index (χ1n) is 4.46. The van der Waals surface area contributed by atoms with Crippen LogP contribution < -0.4 is 0 Å². The molecule has 0 aliphatic rings. The van der Waals surface area contributed by atoms with E-state index in [1.54, 1.807) is 36.4 Å². The predicted octanol–water partition coefficient (Wildman–Crippen LogP) is 2.53. The van der Waals surface area contributed by atoms with Crippen molar-refractivity contribution in [1.29, 1.82) is 0 Å². The van der Waals surface area contributed by atoms with E-state index < -0.39 is 5.97 Å². The number of hydrogen-bond donors (Lipinski definition) is 1. The smallest absolute Gasteiger partial charge is 0.345 e. The lowest BCUT2D eigenvalue weighted by atomic mass is 10.4. The number of carboxylic acid groups (broad SMARTS) is 1. The molecule has 0 saturated heterocycles. The van der Waals surface area contributed by atoms with Crippen molar-refractivity contribution in [3.63, 3.8) is 0 Å². The van der Waals surface area contributed by atoms with Crippen molar-refractivity contribution >= 4 is 29.1 Å². The minimum absolute atomic E-state index is 0.370. The van der Waals surface area contributed by atoms with E-state index in [1.807, 2.05) is 6.07 Å². The molecule has 0 atom stereocenters. The number of thioether (sulfide) groups is 1. The summed E-state index contributed by atoms with van der Waals surface area (Å²) in [6.45, 7) is 0. The molecule has 2 aromatic rings. The fourth-order valence-corrected chi connectivity index (χ4v) is 2.79. The van der Waals surface area contributed by atoms with Gasteiger partial charge in [-0.3, -0.25) is 4.98 Å². The highest BCUT2D eigenvalue weighted by Crippen LogP contribution is 2.25. The number of thiophene rings is 1. The molecule has 2 heterocycles. The summed E-state index contributed by atoms with van der Waals surface area (Å²) in [6.07, 6.45) is 4.95. The summed E-state index contributed by atoms with van der Waals surface area (Å²) in [7, 11) is 0. The molecule has 0 amide bonds. The normalized spacial score (nSPS) is 10.2. The van der Waals surface area contributed by atoms with Crippen LogP contribution in [0, 0.1) is 0 Å². The summed E-state index contributed by atoms with van der Waals surface area (Å²) in [4.78, 5) is 20.1. The minimum Gasteiger partial charge on any atom is -0.477 e. The third-order valence-electron chi connectivity index (χ3n) is 1.77. The first-order valence-corrected chi connectivity index (χ1v) is 6.27. The Morgan fingerprint density at radius 2 is 2.31 bits per heavy atom. The van der Waals surface area contributed by atoms with Gasteiger partial charge in [0.15, 0.2) is 0 Å². The molecular formula is C10H8N2O2S2. The van der Waals surface area contributed by atoms with Crippen molar-refractivity contribution < 1.29 is 9.90 Å². The van der Waals surface area contributed by atoms with Crippen molar-refractivity contribution in [2.45, 2.75) is 10.8 Å². The zero-order valence-corrected chi connectivity index (χ0v) is 9.79. The number of aromatic nitrogens is 2. The maximum atomic E-state index is 10.7. The zero-order valence-electron chi connectivity index (χ0n) is 8.16. The van der Waals surface area contributed by atoms with Crippen LogP contribution in [0.2, 0.25) is 0 Å². The molecule has 16 heavy (non-hydrogen) atoms. The molecule has 1 N–H and O–H groups in total. The highest BCUT2D eigenvalue weighted by molar-refractivity contribution is 7.98. The van der Waals surface area contributed by atoms with Gasteiger partial charge in [-0.05, 0) is 12.1 Å². The van der Waals surface area contributed by atoms with Gasteiger partial charge in [-0.2, -0.15) is 0 Å². The van der Waals surface area contributed by atoms with Gasteiger partial charge in [-0.25, -0.2) is 9.78 Å². The maximum absolute atomic E-state index is 10.7. The second kappa shape index (κ2) is 5.09. The standard InChI is InChI=1S/C10H8N2O2S2/c13-10(14)8-2-1-7(16-8)6-15-9-5-11-3-4-12-9/h1-5H,6H2,(H,13,14). The number of rotatable bonds is 4. The van der Waals surface area contributed by atoms with E-state index in [2.05, 4.69) is 9.97 Å². The summed E-state index contributed by atoms with van der Waals surface area (Å²) in [5, 5.41) is 9.61.